The summed E-state index contributed by atoms with van der Waals surface area (Å²) >= 11 is 2.50. The van der Waals surface area contributed by atoms with Crippen LogP contribution in [0, 0.1) is 0 Å². The fraction of sp³-hybridized carbons (Fsp3) is 0. The quantitative estimate of drug-likeness (QED) is 0.114. The molecule has 356 valence electrons. The SMILES string of the molecule is c1ccc(N(c2ccccc2)c2ccc(-c3ccc(-c4ccc(N(c5ccccc5)c5ccc(-c6ccc(-c7ccc(N(c8ccccc8)c8ccccc8)cc7)c7nsnc67)cc5)cc4)c4nsnc34)cc2)cc1. The number of hydrogen-bond acceptors (Lipinski definition) is 9. The second kappa shape index (κ2) is 20.2. The summed E-state index contributed by atoms with van der Waals surface area (Å²) in [4.78, 5) is 6.84. The number of hydrogen-bond donors (Lipinski definition) is 0. The van der Waals surface area contributed by atoms with E-state index in [1.807, 2.05) is 24.3 Å². The van der Waals surface area contributed by atoms with Crippen molar-refractivity contribution in [3.63, 3.8) is 0 Å². The summed E-state index contributed by atoms with van der Waals surface area (Å²) in [6.07, 6.45) is 0. The highest BCUT2D eigenvalue weighted by Crippen LogP contribution is 2.43. The molecule has 0 N–H and O–H groups in total. The van der Waals surface area contributed by atoms with Gasteiger partial charge in [0.25, 0.3) is 0 Å². The van der Waals surface area contributed by atoms with Crippen molar-refractivity contribution in [2.45, 2.75) is 0 Å². The Bertz CT molecular complexity index is 3700. The summed E-state index contributed by atoms with van der Waals surface area (Å²) in [5.41, 5.74) is 21.8. The van der Waals surface area contributed by atoms with E-state index in [0.717, 1.165) is 118 Å². The maximum absolute atomic E-state index is 4.86. The zero-order chi connectivity index (χ0) is 49.9. The lowest BCUT2D eigenvalue weighted by molar-refractivity contribution is 1.28. The van der Waals surface area contributed by atoms with E-state index in [4.69, 9.17) is 17.5 Å². The molecular formula is C66H45N7S2. The fourth-order valence-corrected chi connectivity index (χ4v) is 11.2. The maximum Gasteiger partial charge on any atom is 0.113 e. The minimum Gasteiger partial charge on any atom is -0.311 e. The molecule has 0 radical (unpaired) electrons. The van der Waals surface area contributed by atoms with Crippen LogP contribution in [0.15, 0.2) is 273 Å². The van der Waals surface area contributed by atoms with E-state index < -0.39 is 0 Å². The third-order valence-electron chi connectivity index (χ3n) is 13.6. The van der Waals surface area contributed by atoms with Crippen LogP contribution in [0.5, 0.6) is 0 Å². The molecule has 0 aliphatic heterocycles. The average molecular weight is 1000 g/mol. The van der Waals surface area contributed by atoms with Crippen molar-refractivity contribution in [1.29, 1.82) is 0 Å². The highest BCUT2D eigenvalue weighted by molar-refractivity contribution is 7.00. The number of benzene rings is 11. The monoisotopic (exact) mass is 999 g/mol. The van der Waals surface area contributed by atoms with Crippen LogP contribution in [0.2, 0.25) is 0 Å². The summed E-state index contributed by atoms with van der Waals surface area (Å²) in [5.74, 6) is 0. The van der Waals surface area contributed by atoms with Crippen molar-refractivity contribution >= 4 is 96.7 Å². The summed E-state index contributed by atoms with van der Waals surface area (Å²) in [6, 6.07) is 96.1. The van der Waals surface area contributed by atoms with Gasteiger partial charge in [-0.15, -0.1) is 0 Å². The van der Waals surface area contributed by atoms with Gasteiger partial charge >= 0.3 is 0 Å². The Morgan fingerprint density at radius 3 is 0.547 bits per heavy atom. The van der Waals surface area contributed by atoms with Crippen LogP contribution >= 0.6 is 23.5 Å². The lowest BCUT2D eigenvalue weighted by atomic mass is 9.97. The van der Waals surface area contributed by atoms with Crippen molar-refractivity contribution in [2.24, 2.45) is 0 Å². The highest BCUT2D eigenvalue weighted by atomic mass is 32.1. The van der Waals surface area contributed by atoms with Crippen LogP contribution in [0.1, 0.15) is 0 Å². The molecule has 0 fully saturated rings. The topological polar surface area (TPSA) is 61.3 Å². The summed E-state index contributed by atoms with van der Waals surface area (Å²) < 4.78 is 19.4. The van der Waals surface area contributed by atoms with E-state index in [0.29, 0.717) is 0 Å². The van der Waals surface area contributed by atoms with E-state index in [2.05, 4.69) is 263 Å². The van der Waals surface area contributed by atoms with Crippen LogP contribution in [0.25, 0.3) is 66.6 Å². The molecular weight excluding hydrogens is 955 g/mol. The third kappa shape index (κ3) is 8.86. The van der Waals surface area contributed by atoms with Gasteiger partial charge in [0.2, 0.25) is 0 Å². The predicted molar refractivity (Wildman–Crippen MR) is 314 cm³/mol. The molecule has 0 saturated heterocycles. The molecule has 7 nitrogen and oxygen atoms in total. The fourth-order valence-electron chi connectivity index (χ4n) is 10.1. The first-order valence-corrected chi connectivity index (χ1v) is 26.3. The number of nitrogens with zero attached hydrogens (tertiary/aromatic N) is 7. The van der Waals surface area contributed by atoms with Gasteiger partial charge in [-0.05, 0) is 131 Å². The molecule has 0 unspecified atom stereocenters. The summed E-state index contributed by atoms with van der Waals surface area (Å²) in [6.45, 7) is 0. The van der Waals surface area contributed by atoms with E-state index in [-0.39, 0.29) is 0 Å². The Morgan fingerprint density at radius 2 is 0.360 bits per heavy atom. The summed E-state index contributed by atoms with van der Waals surface area (Å²) in [5, 5.41) is 0. The Morgan fingerprint density at radius 1 is 0.187 bits per heavy atom. The Labute approximate surface area is 443 Å². The van der Waals surface area contributed by atoms with Crippen LogP contribution < -0.4 is 14.7 Å². The molecule has 0 bridgehead atoms. The molecule has 13 aromatic rings. The second-order valence-electron chi connectivity index (χ2n) is 18.1. The first-order valence-electron chi connectivity index (χ1n) is 24.8. The van der Waals surface area contributed by atoms with Crippen LogP contribution in [0.4, 0.5) is 51.2 Å². The largest absolute Gasteiger partial charge is 0.311 e. The molecule has 2 heterocycles. The van der Waals surface area contributed by atoms with Crippen molar-refractivity contribution in [2.75, 3.05) is 14.7 Å². The lowest BCUT2D eigenvalue weighted by Crippen LogP contribution is -2.09. The highest BCUT2D eigenvalue weighted by Gasteiger charge is 2.20. The number of anilines is 9. The van der Waals surface area contributed by atoms with Gasteiger partial charge in [-0.1, -0.05) is 164 Å². The van der Waals surface area contributed by atoms with Gasteiger partial charge in [-0.2, -0.15) is 17.5 Å². The predicted octanol–water partition coefficient (Wildman–Crippen LogP) is 18.8. The van der Waals surface area contributed by atoms with Crippen molar-refractivity contribution in [3.8, 4) is 44.5 Å². The Balaban J connectivity index is 0.769. The number of para-hydroxylation sites is 5. The van der Waals surface area contributed by atoms with Gasteiger partial charge in [0, 0.05) is 73.4 Å². The van der Waals surface area contributed by atoms with Gasteiger partial charge in [-0.3, -0.25) is 0 Å². The molecule has 9 heteroatoms. The van der Waals surface area contributed by atoms with Gasteiger partial charge in [0.05, 0.1) is 23.5 Å². The number of fused-ring (bicyclic) bond motifs is 2. The molecule has 0 amide bonds. The Kier molecular flexibility index (Phi) is 12.2. The van der Waals surface area contributed by atoms with Gasteiger partial charge in [0.15, 0.2) is 0 Å². The normalized spacial score (nSPS) is 11.2. The molecule has 2 aromatic heterocycles. The molecule has 75 heavy (non-hydrogen) atoms. The van der Waals surface area contributed by atoms with Crippen LogP contribution in [0.3, 0.4) is 0 Å². The first kappa shape index (κ1) is 45.3. The summed E-state index contributed by atoms with van der Waals surface area (Å²) in [7, 11) is 0. The number of rotatable bonds is 13. The van der Waals surface area contributed by atoms with Crippen LogP contribution in [-0.2, 0) is 0 Å². The number of aromatic nitrogens is 4. The van der Waals surface area contributed by atoms with E-state index >= 15 is 0 Å². The molecule has 0 spiro atoms. The van der Waals surface area contributed by atoms with Crippen molar-refractivity contribution in [1.82, 2.24) is 17.5 Å². The maximum atomic E-state index is 4.86. The third-order valence-corrected chi connectivity index (χ3v) is 14.7. The second-order valence-corrected chi connectivity index (χ2v) is 19.2. The minimum absolute atomic E-state index is 0.893. The van der Waals surface area contributed by atoms with Crippen molar-refractivity contribution in [3.05, 3.63) is 273 Å². The standard InChI is InChI=1S/C66H45N7S2/c1-6-16-50(17-7-1)71(51-18-8-2-9-19-51)55-34-26-46(27-35-55)59-42-44-61(65-63(59)67-74-69-65)48-30-38-57(39-31-48)73(54-24-14-5-15-25-54)58-40-32-49(33-41-58)62-45-43-60(64-66(62)70-75-68-64)47-28-36-56(37-29-47)72(52-20-10-3-11-21-52)53-22-12-4-13-23-53/h1-45H. The minimum atomic E-state index is 0.893. The average Bonchev–Trinajstić information content (AvgIpc) is 4.21. The zero-order valence-electron chi connectivity index (χ0n) is 40.4. The van der Waals surface area contributed by atoms with E-state index in [9.17, 15) is 0 Å². The van der Waals surface area contributed by atoms with E-state index in [1.165, 1.54) is 23.5 Å². The molecule has 0 aliphatic carbocycles. The smallest absolute Gasteiger partial charge is 0.113 e. The van der Waals surface area contributed by atoms with E-state index in [1.54, 1.807) is 0 Å². The van der Waals surface area contributed by atoms with Gasteiger partial charge in [0.1, 0.15) is 22.1 Å². The molecule has 13 rings (SSSR count). The Hall–Kier alpha value is -9.54. The zero-order valence-corrected chi connectivity index (χ0v) is 42.1. The molecule has 0 saturated carbocycles. The van der Waals surface area contributed by atoms with Crippen LogP contribution in [-0.4, -0.2) is 17.5 Å². The first-order chi connectivity index (χ1) is 37.2. The molecule has 11 aromatic carbocycles. The molecule has 0 aliphatic rings. The lowest BCUT2D eigenvalue weighted by Gasteiger charge is -2.26. The van der Waals surface area contributed by atoms with Crippen molar-refractivity contribution < 1.29 is 0 Å². The van der Waals surface area contributed by atoms with Gasteiger partial charge in [-0.25, -0.2) is 0 Å². The van der Waals surface area contributed by atoms with Gasteiger partial charge < -0.3 is 14.7 Å². The molecule has 0 atom stereocenters.